The Kier molecular flexibility index (Phi) is 4.20. The number of aliphatic hydroxyl groups is 1. The summed E-state index contributed by atoms with van der Waals surface area (Å²) >= 11 is 0. The molecule has 0 aliphatic rings. The van der Waals surface area contributed by atoms with E-state index < -0.39 is 27.5 Å². The first-order valence-electron chi connectivity index (χ1n) is 5.67. The van der Waals surface area contributed by atoms with E-state index in [2.05, 4.69) is 4.98 Å². The van der Waals surface area contributed by atoms with E-state index in [0.717, 1.165) is 18.3 Å². The molecule has 20 heavy (non-hydrogen) atoms. The maximum atomic E-state index is 12.0. The third-order valence-electron chi connectivity index (χ3n) is 2.45. The Labute approximate surface area is 115 Å². The Balaban J connectivity index is 3.39. The van der Waals surface area contributed by atoms with Gasteiger partial charge in [0.2, 0.25) is 0 Å². The van der Waals surface area contributed by atoms with Crippen molar-refractivity contribution in [3.05, 3.63) is 39.7 Å². The number of carbonyl (C=O) groups excluding carboxylic acids is 1. The summed E-state index contributed by atoms with van der Waals surface area (Å²) in [5.41, 5.74) is -1.80. The van der Waals surface area contributed by atoms with Gasteiger partial charge in [-0.3, -0.25) is 19.9 Å². The molecule has 0 aliphatic carbocycles. The maximum Gasteiger partial charge on any atom is 0.273 e. The molecule has 0 spiro atoms. The lowest BCUT2D eigenvalue weighted by Crippen LogP contribution is -2.22. The Morgan fingerprint density at radius 3 is 2.55 bits per heavy atom. The summed E-state index contributed by atoms with van der Waals surface area (Å²) in [6.45, 7) is 4.79. The van der Waals surface area contributed by atoms with Crippen molar-refractivity contribution in [2.45, 2.75) is 20.8 Å². The fourth-order valence-electron chi connectivity index (χ4n) is 1.38. The monoisotopic (exact) mass is 275 g/mol. The first kappa shape index (κ1) is 15.3. The summed E-state index contributed by atoms with van der Waals surface area (Å²) in [6, 6.07) is 3.78. The van der Waals surface area contributed by atoms with Crippen molar-refractivity contribution < 1.29 is 14.8 Å². The van der Waals surface area contributed by atoms with Crippen molar-refractivity contribution in [2.75, 3.05) is 0 Å². The molecule has 0 fully saturated rings. The second kappa shape index (κ2) is 5.48. The van der Waals surface area contributed by atoms with E-state index in [9.17, 15) is 20.0 Å². The molecular weight excluding hydrogens is 262 g/mol. The molecule has 1 heterocycles. The van der Waals surface area contributed by atoms with Crippen molar-refractivity contribution in [3.63, 3.8) is 0 Å². The van der Waals surface area contributed by atoms with E-state index in [1.807, 2.05) is 0 Å². The number of hydrogen-bond donors (Lipinski definition) is 1. The SMILES string of the molecule is CC(C)(C)C(=O)/C(C#N)=C(\O)c1cc([N+](=O)[O-])ccn1. The third-order valence-corrected chi connectivity index (χ3v) is 2.45. The molecule has 104 valence electrons. The van der Waals surface area contributed by atoms with Gasteiger partial charge in [0.25, 0.3) is 5.69 Å². The van der Waals surface area contributed by atoms with Crippen molar-refractivity contribution >= 4 is 17.2 Å². The highest BCUT2D eigenvalue weighted by Crippen LogP contribution is 2.25. The number of carbonyl (C=O) groups is 1. The fourth-order valence-corrected chi connectivity index (χ4v) is 1.38. The number of nitro groups is 1. The normalized spacial score (nSPS) is 12.3. The van der Waals surface area contributed by atoms with Gasteiger partial charge in [-0.1, -0.05) is 20.8 Å². The molecule has 1 rings (SSSR count). The molecular formula is C13H13N3O4. The van der Waals surface area contributed by atoms with E-state index in [1.165, 1.54) is 0 Å². The van der Waals surface area contributed by atoms with Gasteiger partial charge in [-0.25, -0.2) is 0 Å². The molecule has 0 saturated carbocycles. The van der Waals surface area contributed by atoms with Crippen LogP contribution in [0.25, 0.3) is 5.76 Å². The van der Waals surface area contributed by atoms with Crippen LogP contribution in [0, 0.1) is 26.9 Å². The number of aliphatic hydroxyl groups excluding tert-OH is 1. The van der Waals surface area contributed by atoms with E-state index in [0.29, 0.717) is 0 Å². The van der Waals surface area contributed by atoms with Crippen molar-refractivity contribution in [1.29, 1.82) is 5.26 Å². The van der Waals surface area contributed by atoms with Crippen LogP contribution in [0.3, 0.4) is 0 Å². The van der Waals surface area contributed by atoms with Crippen LogP contribution < -0.4 is 0 Å². The first-order valence-corrected chi connectivity index (χ1v) is 5.67. The smallest absolute Gasteiger partial charge is 0.273 e. The molecule has 1 N–H and O–H groups in total. The molecule has 0 bridgehead atoms. The zero-order chi connectivity index (χ0) is 15.5. The van der Waals surface area contributed by atoms with Gasteiger partial charge in [-0.15, -0.1) is 0 Å². The van der Waals surface area contributed by atoms with Crippen molar-refractivity contribution in [2.24, 2.45) is 5.41 Å². The zero-order valence-electron chi connectivity index (χ0n) is 11.2. The quantitative estimate of drug-likeness (QED) is 0.297. The fraction of sp³-hybridized carbons (Fsp3) is 0.308. The highest BCUT2D eigenvalue weighted by molar-refractivity contribution is 6.07. The maximum absolute atomic E-state index is 12.0. The predicted molar refractivity (Wildman–Crippen MR) is 70.5 cm³/mol. The van der Waals surface area contributed by atoms with Crippen LogP contribution in [-0.4, -0.2) is 20.8 Å². The standard InChI is InChI=1S/C13H13N3O4/c1-13(2,3)12(18)9(7-14)11(17)10-6-8(16(19)20)4-5-15-10/h4-6,17H,1-3H3/b11-9-. The minimum absolute atomic E-state index is 0.187. The summed E-state index contributed by atoms with van der Waals surface area (Å²) < 4.78 is 0. The van der Waals surface area contributed by atoms with Gasteiger partial charge in [0.15, 0.2) is 11.5 Å². The zero-order valence-corrected chi connectivity index (χ0v) is 11.2. The molecule has 0 unspecified atom stereocenters. The number of ketones is 1. The van der Waals surface area contributed by atoms with E-state index in [1.54, 1.807) is 26.8 Å². The van der Waals surface area contributed by atoms with Crippen LogP contribution in [0.1, 0.15) is 26.5 Å². The molecule has 0 aromatic carbocycles. The Morgan fingerprint density at radius 1 is 1.50 bits per heavy atom. The summed E-state index contributed by atoms with van der Waals surface area (Å²) in [5.74, 6) is -1.22. The number of aromatic nitrogens is 1. The van der Waals surface area contributed by atoms with Crippen LogP contribution >= 0.6 is 0 Å². The van der Waals surface area contributed by atoms with E-state index in [4.69, 9.17) is 5.26 Å². The van der Waals surface area contributed by atoms with Gasteiger partial charge in [0.1, 0.15) is 17.3 Å². The number of allylic oxidation sites excluding steroid dienone is 1. The number of nitrogens with zero attached hydrogens (tertiary/aromatic N) is 3. The van der Waals surface area contributed by atoms with Crippen LogP contribution in [0.15, 0.2) is 23.9 Å². The van der Waals surface area contributed by atoms with Crippen LogP contribution in [0.5, 0.6) is 0 Å². The number of Topliss-reactive ketones (excluding diaryl/α,β-unsaturated/α-hetero) is 1. The minimum atomic E-state index is -0.861. The molecule has 0 radical (unpaired) electrons. The second-order valence-electron chi connectivity index (χ2n) is 5.07. The molecule has 7 nitrogen and oxygen atoms in total. The lowest BCUT2D eigenvalue weighted by atomic mass is 9.86. The van der Waals surface area contributed by atoms with Gasteiger partial charge in [0.05, 0.1) is 4.92 Å². The van der Waals surface area contributed by atoms with Crippen LogP contribution in [0.4, 0.5) is 5.69 Å². The lowest BCUT2D eigenvalue weighted by molar-refractivity contribution is -0.385. The van der Waals surface area contributed by atoms with Crippen LogP contribution in [-0.2, 0) is 4.79 Å². The number of rotatable bonds is 3. The number of nitriles is 1. The summed E-state index contributed by atoms with van der Waals surface area (Å²) in [4.78, 5) is 25.8. The predicted octanol–water partition coefficient (Wildman–Crippen LogP) is 2.40. The topological polar surface area (TPSA) is 117 Å². The molecule has 7 heteroatoms. The van der Waals surface area contributed by atoms with Gasteiger partial charge >= 0.3 is 0 Å². The molecule has 0 amide bonds. The third kappa shape index (κ3) is 3.17. The number of hydrogen-bond acceptors (Lipinski definition) is 6. The van der Waals surface area contributed by atoms with Gasteiger partial charge < -0.3 is 5.11 Å². The minimum Gasteiger partial charge on any atom is -0.504 e. The average Bonchev–Trinajstić information content (AvgIpc) is 2.38. The van der Waals surface area contributed by atoms with Crippen molar-refractivity contribution in [3.8, 4) is 6.07 Å². The average molecular weight is 275 g/mol. The highest BCUT2D eigenvalue weighted by atomic mass is 16.6. The molecule has 1 aromatic rings. The molecule has 0 atom stereocenters. The molecule has 0 aliphatic heterocycles. The largest absolute Gasteiger partial charge is 0.504 e. The Morgan fingerprint density at radius 2 is 2.10 bits per heavy atom. The van der Waals surface area contributed by atoms with Crippen LogP contribution in [0.2, 0.25) is 0 Å². The Bertz CT molecular complexity index is 636. The van der Waals surface area contributed by atoms with Gasteiger partial charge in [-0.05, 0) is 0 Å². The first-order chi connectivity index (χ1) is 9.18. The molecule has 1 aromatic heterocycles. The van der Waals surface area contributed by atoms with Crippen molar-refractivity contribution in [1.82, 2.24) is 4.98 Å². The molecule has 0 saturated heterocycles. The van der Waals surface area contributed by atoms with E-state index >= 15 is 0 Å². The highest BCUT2D eigenvalue weighted by Gasteiger charge is 2.28. The summed E-state index contributed by atoms with van der Waals surface area (Å²) in [7, 11) is 0. The van der Waals surface area contributed by atoms with Gasteiger partial charge in [-0.2, -0.15) is 5.26 Å². The summed E-state index contributed by atoms with van der Waals surface area (Å²) in [6.07, 6.45) is 1.13. The summed E-state index contributed by atoms with van der Waals surface area (Å²) in [5, 5.41) is 29.6. The lowest BCUT2D eigenvalue weighted by Gasteiger charge is -2.16. The second-order valence-corrected chi connectivity index (χ2v) is 5.07. The Hall–Kier alpha value is -2.75. The van der Waals surface area contributed by atoms with Gasteiger partial charge in [0, 0.05) is 23.7 Å². The number of pyridine rings is 1. The van der Waals surface area contributed by atoms with E-state index in [-0.39, 0.29) is 11.4 Å².